The van der Waals surface area contributed by atoms with Crippen molar-refractivity contribution in [3.63, 3.8) is 0 Å². The first-order chi connectivity index (χ1) is 8.80. The van der Waals surface area contributed by atoms with Crippen LogP contribution in [0.15, 0.2) is 30.3 Å². The second-order valence-electron chi connectivity index (χ2n) is 5.34. The summed E-state index contributed by atoms with van der Waals surface area (Å²) in [4.78, 5) is 22.7. The van der Waals surface area contributed by atoms with Gasteiger partial charge in [0.15, 0.2) is 0 Å². The zero-order valence-corrected chi connectivity index (χ0v) is 11.3. The van der Waals surface area contributed by atoms with E-state index in [0.717, 1.165) is 5.56 Å². The number of ether oxygens (including phenoxy) is 1. The van der Waals surface area contributed by atoms with Gasteiger partial charge in [-0.25, -0.2) is 9.59 Å². The van der Waals surface area contributed by atoms with Crippen molar-refractivity contribution in [2.24, 2.45) is 5.41 Å². The molecule has 104 valence electrons. The molecule has 1 unspecified atom stereocenters. The Balaban J connectivity index is 2.65. The number of carboxylic acid groups (broad SMARTS) is 1. The second-order valence-corrected chi connectivity index (χ2v) is 5.34. The number of benzene rings is 1. The Kier molecular flexibility index (Phi) is 4.92. The maximum Gasteiger partial charge on any atom is 0.405 e. The number of rotatable bonds is 4. The molecule has 0 aromatic heterocycles. The van der Waals surface area contributed by atoms with Crippen molar-refractivity contribution in [3.05, 3.63) is 35.9 Å². The van der Waals surface area contributed by atoms with Gasteiger partial charge in [-0.2, -0.15) is 0 Å². The number of amides is 1. The van der Waals surface area contributed by atoms with Gasteiger partial charge in [-0.15, -0.1) is 0 Å². The molecule has 0 saturated carbocycles. The summed E-state index contributed by atoms with van der Waals surface area (Å²) in [5, 5.41) is 11.0. The summed E-state index contributed by atoms with van der Waals surface area (Å²) in [6, 6.07) is 8.34. The lowest BCUT2D eigenvalue weighted by molar-refractivity contribution is -0.150. The van der Waals surface area contributed by atoms with Crippen molar-refractivity contribution in [1.82, 2.24) is 5.32 Å². The van der Waals surface area contributed by atoms with Gasteiger partial charge >= 0.3 is 12.1 Å². The molecule has 0 fully saturated rings. The van der Waals surface area contributed by atoms with Gasteiger partial charge in [0, 0.05) is 0 Å². The third kappa shape index (κ3) is 4.99. The lowest BCUT2D eigenvalue weighted by atomic mass is 9.87. The van der Waals surface area contributed by atoms with E-state index < -0.39 is 23.5 Å². The van der Waals surface area contributed by atoms with E-state index in [-0.39, 0.29) is 6.61 Å². The number of carbonyl (C=O) groups excluding carboxylic acids is 1. The Bertz CT molecular complexity index is 437. The SMILES string of the molecule is CC(C)(C)C(NC(=O)O)C(=O)OCc1ccccc1. The fourth-order valence-corrected chi connectivity index (χ4v) is 1.56. The fourth-order valence-electron chi connectivity index (χ4n) is 1.56. The van der Waals surface area contributed by atoms with Crippen LogP contribution in [0, 0.1) is 5.41 Å². The molecule has 2 N–H and O–H groups in total. The van der Waals surface area contributed by atoms with E-state index in [1.165, 1.54) is 0 Å². The maximum atomic E-state index is 12.0. The van der Waals surface area contributed by atoms with E-state index >= 15 is 0 Å². The van der Waals surface area contributed by atoms with E-state index in [4.69, 9.17) is 9.84 Å². The van der Waals surface area contributed by atoms with Gasteiger partial charge in [-0.05, 0) is 11.0 Å². The number of nitrogens with one attached hydrogen (secondary N) is 1. The van der Waals surface area contributed by atoms with Gasteiger partial charge in [0.1, 0.15) is 12.6 Å². The topological polar surface area (TPSA) is 75.6 Å². The van der Waals surface area contributed by atoms with Crippen molar-refractivity contribution in [1.29, 1.82) is 0 Å². The highest BCUT2D eigenvalue weighted by molar-refractivity contribution is 5.81. The van der Waals surface area contributed by atoms with Gasteiger partial charge in [0.2, 0.25) is 0 Å². The van der Waals surface area contributed by atoms with Crippen molar-refractivity contribution in [2.45, 2.75) is 33.4 Å². The second kappa shape index (κ2) is 6.22. The monoisotopic (exact) mass is 265 g/mol. The summed E-state index contributed by atoms with van der Waals surface area (Å²) in [7, 11) is 0. The van der Waals surface area contributed by atoms with Crippen LogP contribution in [0.5, 0.6) is 0 Å². The first-order valence-corrected chi connectivity index (χ1v) is 6.00. The average Bonchev–Trinajstić information content (AvgIpc) is 2.33. The van der Waals surface area contributed by atoms with E-state index in [0.29, 0.717) is 0 Å². The van der Waals surface area contributed by atoms with Crippen LogP contribution in [0.2, 0.25) is 0 Å². The first kappa shape index (κ1) is 15.0. The standard InChI is InChI=1S/C14H19NO4/c1-14(2,3)11(15-13(17)18)12(16)19-9-10-7-5-4-6-8-10/h4-8,11,15H,9H2,1-3H3,(H,17,18). The van der Waals surface area contributed by atoms with Crippen LogP contribution in [-0.4, -0.2) is 23.2 Å². The van der Waals surface area contributed by atoms with E-state index in [1.807, 2.05) is 30.3 Å². The minimum absolute atomic E-state index is 0.132. The number of esters is 1. The molecular formula is C14H19NO4. The third-order valence-corrected chi connectivity index (χ3v) is 2.59. The first-order valence-electron chi connectivity index (χ1n) is 6.00. The van der Waals surface area contributed by atoms with E-state index in [1.54, 1.807) is 20.8 Å². The molecule has 0 aliphatic heterocycles. The Morgan fingerprint density at radius 1 is 1.26 bits per heavy atom. The van der Waals surface area contributed by atoms with Crippen molar-refractivity contribution >= 4 is 12.1 Å². The fraction of sp³-hybridized carbons (Fsp3) is 0.429. The molecular weight excluding hydrogens is 246 g/mol. The Morgan fingerprint density at radius 3 is 2.32 bits per heavy atom. The molecule has 1 aromatic rings. The zero-order valence-electron chi connectivity index (χ0n) is 11.3. The average molecular weight is 265 g/mol. The third-order valence-electron chi connectivity index (χ3n) is 2.59. The molecule has 0 spiro atoms. The van der Waals surface area contributed by atoms with Crippen molar-refractivity contribution in [3.8, 4) is 0 Å². The molecule has 19 heavy (non-hydrogen) atoms. The summed E-state index contributed by atoms with van der Waals surface area (Å²) in [6.07, 6.45) is -1.24. The van der Waals surface area contributed by atoms with Crippen LogP contribution in [0.25, 0.3) is 0 Å². The van der Waals surface area contributed by atoms with Crippen LogP contribution in [-0.2, 0) is 16.1 Å². The zero-order chi connectivity index (χ0) is 14.5. The Hall–Kier alpha value is -2.04. The molecule has 0 saturated heterocycles. The minimum atomic E-state index is -1.24. The van der Waals surface area contributed by atoms with Crippen LogP contribution in [0.3, 0.4) is 0 Å². The molecule has 1 aromatic carbocycles. The smallest absolute Gasteiger partial charge is 0.405 e. The summed E-state index contributed by atoms with van der Waals surface area (Å²) < 4.78 is 5.15. The molecule has 0 radical (unpaired) electrons. The molecule has 1 amide bonds. The molecule has 5 heteroatoms. The molecule has 0 bridgehead atoms. The highest BCUT2D eigenvalue weighted by Gasteiger charge is 2.34. The Morgan fingerprint density at radius 2 is 1.84 bits per heavy atom. The lowest BCUT2D eigenvalue weighted by Gasteiger charge is -2.28. The molecule has 1 rings (SSSR count). The van der Waals surface area contributed by atoms with Crippen LogP contribution >= 0.6 is 0 Å². The maximum absolute atomic E-state index is 12.0. The van der Waals surface area contributed by atoms with Gasteiger partial charge in [-0.3, -0.25) is 0 Å². The van der Waals surface area contributed by atoms with Gasteiger partial charge in [0.25, 0.3) is 0 Å². The minimum Gasteiger partial charge on any atom is -0.465 e. The van der Waals surface area contributed by atoms with Gasteiger partial charge < -0.3 is 15.2 Å². The van der Waals surface area contributed by atoms with E-state index in [9.17, 15) is 9.59 Å². The van der Waals surface area contributed by atoms with Crippen LogP contribution in [0.4, 0.5) is 4.79 Å². The largest absolute Gasteiger partial charge is 0.465 e. The highest BCUT2D eigenvalue weighted by Crippen LogP contribution is 2.20. The molecule has 0 aliphatic carbocycles. The van der Waals surface area contributed by atoms with Gasteiger partial charge in [-0.1, -0.05) is 51.1 Å². The predicted molar refractivity (Wildman–Crippen MR) is 70.6 cm³/mol. The summed E-state index contributed by atoms with van der Waals surface area (Å²) >= 11 is 0. The summed E-state index contributed by atoms with van der Waals surface area (Å²) in [5.41, 5.74) is 0.311. The highest BCUT2D eigenvalue weighted by atomic mass is 16.5. The van der Waals surface area contributed by atoms with Crippen LogP contribution < -0.4 is 5.32 Å². The van der Waals surface area contributed by atoms with E-state index in [2.05, 4.69) is 5.32 Å². The Labute approximate surface area is 112 Å². The normalized spacial score (nSPS) is 12.6. The number of hydrogen-bond acceptors (Lipinski definition) is 3. The van der Waals surface area contributed by atoms with Crippen LogP contribution in [0.1, 0.15) is 26.3 Å². The van der Waals surface area contributed by atoms with Crippen molar-refractivity contribution in [2.75, 3.05) is 0 Å². The van der Waals surface area contributed by atoms with Crippen molar-refractivity contribution < 1.29 is 19.4 Å². The number of carbonyl (C=O) groups is 2. The van der Waals surface area contributed by atoms with Gasteiger partial charge in [0.05, 0.1) is 0 Å². The lowest BCUT2D eigenvalue weighted by Crippen LogP contribution is -2.49. The molecule has 1 atom stereocenters. The molecule has 0 aliphatic rings. The molecule has 5 nitrogen and oxygen atoms in total. The summed E-state index contributed by atoms with van der Waals surface area (Å²) in [5.74, 6) is -0.571. The predicted octanol–water partition coefficient (Wildman–Crippen LogP) is 2.41. The quantitative estimate of drug-likeness (QED) is 0.820. The number of hydrogen-bond donors (Lipinski definition) is 2. The molecule has 0 heterocycles. The summed E-state index contributed by atoms with van der Waals surface area (Å²) in [6.45, 7) is 5.46.